The molecule has 0 spiro atoms. The van der Waals surface area contributed by atoms with Crippen molar-refractivity contribution in [2.75, 3.05) is 11.4 Å². The maximum atomic E-state index is 13.8. The van der Waals surface area contributed by atoms with Gasteiger partial charge in [0.05, 0.1) is 11.6 Å². The SMILES string of the molecule is O=C(NCc1ccccc1Cl)[C@H]1CC(=O)N(c2ccccc2F)C1. The van der Waals surface area contributed by atoms with Gasteiger partial charge in [-0.2, -0.15) is 0 Å². The Hall–Kier alpha value is -2.40. The van der Waals surface area contributed by atoms with Crippen LogP contribution in [0.25, 0.3) is 0 Å². The third-order valence-corrected chi connectivity index (χ3v) is 4.42. The maximum absolute atomic E-state index is 13.8. The van der Waals surface area contributed by atoms with E-state index in [1.54, 1.807) is 18.2 Å². The first kappa shape index (κ1) is 16.5. The summed E-state index contributed by atoms with van der Waals surface area (Å²) in [6.45, 7) is 0.469. The molecule has 4 nitrogen and oxygen atoms in total. The number of carbonyl (C=O) groups excluding carboxylic acids is 2. The summed E-state index contributed by atoms with van der Waals surface area (Å²) in [5, 5.41) is 3.37. The molecule has 0 bridgehead atoms. The van der Waals surface area contributed by atoms with Crippen LogP contribution in [0.4, 0.5) is 10.1 Å². The number of para-hydroxylation sites is 1. The van der Waals surface area contributed by atoms with Gasteiger partial charge in [-0.25, -0.2) is 4.39 Å². The monoisotopic (exact) mass is 346 g/mol. The molecule has 0 saturated carbocycles. The molecule has 2 aromatic rings. The highest BCUT2D eigenvalue weighted by Crippen LogP contribution is 2.27. The summed E-state index contributed by atoms with van der Waals surface area (Å²) in [6, 6.07) is 13.3. The van der Waals surface area contributed by atoms with Gasteiger partial charge in [0.15, 0.2) is 0 Å². The van der Waals surface area contributed by atoms with Gasteiger partial charge in [0, 0.05) is 24.5 Å². The molecule has 1 heterocycles. The number of rotatable bonds is 4. The Morgan fingerprint density at radius 2 is 1.92 bits per heavy atom. The zero-order chi connectivity index (χ0) is 17.1. The molecule has 0 radical (unpaired) electrons. The number of nitrogens with zero attached hydrogens (tertiary/aromatic N) is 1. The highest BCUT2D eigenvalue weighted by molar-refractivity contribution is 6.31. The summed E-state index contributed by atoms with van der Waals surface area (Å²) in [5.41, 5.74) is 1.02. The molecule has 3 rings (SSSR count). The molecule has 0 aliphatic carbocycles. The molecule has 0 aromatic heterocycles. The number of amides is 2. The molecule has 1 saturated heterocycles. The zero-order valence-electron chi connectivity index (χ0n) is 12.8. The van der Waals surface area contributed by atoms with Crippen molar-refractivity contribution in [3.8, 4) is 0 Å². The van der Waals surface area contributed by atoms with Crippen LogP contribution >= 0.6 is 11.6 Å². The van der Waals surface area contributed by atoms with E-state index in [0.29, 0.717) is 11.6 Å². The summed E-state index contributed by atoms with van der Waals surface area (Å²) >= 11 is 6.06. The van der Waals surface area contributed by atoms with E-state index in [-0.39, 0.29) is 30.5 Å². The van der Waals surface area contributed by atoms with Crippen LogP contribution in [-0.4, -0.2) is 18.4 Å². The molecule has 24 heavy (non-hydrogen) atoms. The topological polar surface area (TPSA) is 49.4 Å². The lowest BCUT2D eigenvalue weighted by Crippen LogP contribution is -2.32. The number of nitrogens with one attached hydrogen (secondary N) is 1. The van der Waals surface area contributed by atoms with Gasteiger partial charge < -0.3 is 10.2 Å². The van der Waals surface area contributed by atoms with Gasteiger partial charge >= 0.3 is 0 Å². The fraction of sp³-hybridized carbons (Fsp3) is 0.222. The Morgan fingerprint density at radius 1 is 1.21 bits per heavy atom. The van der Waals surface area contributed by atoms with Gasteiger partial charge in [-0.15, -0.1) is 0 Å². The lowest BCUT2D eigenvalue weighted by molar-refractivity contribution is -0.126. The summed E-state index contributed by atoms with van der Waals surface area (Å²) < 4.78 is 13.8. The maximum Gasteiger partial charge on any atom is 0.227 e. The first-order valence-corrected chi connectivity index (χ1v) is 8.00. The van der Waals surface area contributed by atoms with Gasteiger partial charge in [-0.05, 0) is 23.8 Å². The van der Waals surface area contributed by atoms with E-state index < -0.39 is 11.7 Å². The second-order valence-electron chi connectivity index (χ2n) is 5.67. The number of benzene rings is 2. The second-order valence-corrected chi connectivity index (χ2v) is 6.07. The number of hydrogen-bond acceptors (Lipinski definition) is 2. The van der Waals surface area contributed by atoms with Gasteiger partial charge in [-0.1, -0.05) is 41.9 Å². The molecule has 1 aliphatic heterocycles. The van der Waals surface area contributed by atoms with Gasteiger partial charge in [0.1, 0.15) is 5.82 Å². The summed E-state index contributed by atoms with van der Waals surface area (Å²) in [6.07, 6.45) is 0.0721. The van der Waals surface area contributed by atoms with Gasteiger partial charge in [-0.3, -0.25) is 9.59 Å². The minimum absolute atomic E-state index is 0.0721. The first-order chi connectivity index (χ1) is 11.6. The summed E-state index contributed by atoms with van der Waals surface area (Å²) in [5.74, 6) is -1.46. The predicted octanol–water partition coefficient (Wildman–Crippen LogP) is 3.15. The molecule has 6 heteroatoms. The van der Waals surface area contributed by atoms with E-state index in [1.807, 2.05) is 18.2 Å². The molecular formula is C18H16ClFN2O2. The van der Waals surface area contributed by atoms with E-state index in [0.717, 1.165) is 5.56 Å². The summed E-state index contributed by atoms with van der Waals surface area (Å²) in [4.78, 5) is 25.8. The van der Waals surface area contributed by atoms with Crippen molar-refractivity contribution in [2.24, 2.45) is 5.92 Å². The number of halogens is 2. The number of hydrogen-bond donors (Lipinski definition) is 1. The number of anilines is 1. The van der Waals surface area contributed by atoms with Crippen LogP contribution in [0, 0.1) is 11.7 Å². The fourth-order valence-electron chi connectivity index (χ4n) is 2.76. The molecule has 2 aromatic carbocycles. The Bertz CT molecular complexity index is 781. The van der Waals surface area contributed by atoms with Crippen LogP contribution < -0.4 is 10.2 Å². The molecule has 1 fully saturated rings. The lowest BCUT2D eigenvalue weighted by Gasteiger charge is -2.17. The molecule has 0 unspecified atom stereocenters. The predicted molar refractivity (Wildman–Crippen MR) is 90.2 cm³/mol. The van der Waals surface area contributed by atoms with Crippen LogP contribution in [0.1, 0.15) is 12.0 Å². The van der Waals surface area contributed by atoms with Crippen molar-refractivity contribution in [2.45, 2.75) is 13.0 Å². The quantitative estimate of drug-likeness (QED) is 0.924. The van der Waals surface area contributed by atoms with Crippen LogP contribution in [0.15, 0.2) is 48.5 Å². The highest BCUT2D eigenvalue weighted by Gasteiger charge is 2.35. The third-order valence-electron chi connectivity index (χ3n) is 4.05. The van der Waals surface area contributed by atoms with Crippen molar-refractivity contribution in [3.63, 3.8) is 0 Å². The van der Waals surface area contributed by atoms with E-state index in [2.05, 4.69) is 5.32 Å². The number of carbonyl (C=O) groups is 2. The minimum atomic E-state index is -0.500. The minimum Gasteiger partial charge on any atom is -0.352 e. The van der Waals surface area contributed by atoms with Crippen LogP contribution in [0.2, 0.25) is 5.02 Å². The molecule has 1 N–H and O–H groups in total. The van der Waals surface area contributed by atoms with Crippen molar-refractivity contribution >= 4 is 29.1 Å². The highest BCUT2D eigenvalue weighted by atomic mass is 35.5. The molecule has 1 atom stereocenters. The molecule has 1 aliphatic rings. The normalized spacial score (nSPS) is 17.2. The molecule has 124 valence electrons. The molecular weight excluding hydrogens is 331 g/mol. The Kier molecular flexibility index (Phi) is 4.81. The Morgan fingerprint density at radius 3 is 2.67 bits per heavy atom. The second kappa shape index (κ2) is 7.01. The van der Waals surface area contributed by atoms with Crippen molar-refractivity contribution in [3.05, 3.63) is 64.9 Å². The van der Waals surface area contributed by atoms with E-state index in [4.69, 9.17) is 11.6 Å². The van der Waals surface area contributed by atoms with Crippen molar-refractivity contribution < 1.29 is 14.0 Å². The standard InChI is InChI=1S/C18H16ClFN2O2/c19-14-6-2-1-5-12(14)10-21-18(24)13-9-17(23)22(11-13)16-8-4-3-7-15(16)20/h1-8,13H,9-11H2,(H,21,24)/t13-/m0/s1. The summed E-state index contributed by atoms with van der Waals surface area (Å²) in [7, 11) is 0. The zero-order valence-corrected chi connectivity index (χ0v) is 13.6. The average molecular weight is 347 g/mol. The Labute approximate surface area is 144 Å². The fourth-order valence-corrected chi connectivity index (χ4v) is 2.96. The van der Waals surface area contributed by atoms with Crippen molar-refractivity contribution in [1.29, 1.82) is 0 Å². The van der Waals surface area contributed by atoms with Crippen LogP contribution in [0.5, 0.6) is 0 Å². The van der Waals surface area contributed by atoms with Crippen LogP contribution in [-0.2, 0) is 16.1 Å². The van der Waals surface area contributed by atoms with Crippen molar-refractivity contribution in [1.82, 2.24) is 5.32 Å². The third kappa shape index (κ3) is 3.41. The lowest BCUT2D eigenvalue weighted by atomic mass is 10.1. The van der Waals surface area contributed by atoms with E-state index in [1.165, 1.54) is 17.0 Å². The first-order valence-electron chi connectivity index (χ1n) is 7.62. The van der Waals surface area contributed by atoms with Crippen LogP contribution in [0.3, 0.4) is 0 Å². The van der Waals surface area contributed by atoms with Gasteiger partial charge in [0.2, 0.25) is 11.8 Å². The van der Waals surface area contributed by atoms with E-state index in [9.17, 15) is 14.0 Å². The van der Waals surface area contributed by atoms with Gasteiger partial charge in [0.25, 0.3) is 0 Å². The smallest absolute Gasteiger partial charge is 0.227 e. The average Bonchev–Trinajstić information content (AvgIpc) is 2.96. The molecule has 2 amide bonds. The van der Waals surface area contributed by atoms with E-state index >= 15 is 0 Å². The largest absolute Gasteiger partial charge is 0.352 e. The Balaban J connectivity index is 1.64.